The minimum atomic E-state index is 0.0466. The highest BCUT2D eigenvalue weighted by Gasteiger charge is 2.14. The zero-order valence-corrected chi connectivity index (χ0v) is 11.8. The van der Waals surface area contributed by atoms with Crippen LogP contribution in [-0.4, -0.2) is 35.5 Å². The fourth-order valence-electron chi connectivity index (χ4n) is 1.61. The van der Waals surface area contributed by atoms with E-state index in [4.69, 9.17) is 0 Å². The Morgan fingerprint density at radius 3 is 1.56 bits per heavy atom. The van der Waals surface area contributed by atoms with Crippen LogP contribution in [0.5, 0.6) is 0 Å². The first-order chi connectivity index (χ1) is 8.54. The molecule has 0 radical (unpaired) electrons. The quantitative estimate of drug-likeness (QED) is 0.602. The Labute approximate surface area is 110 Å². The van der Waals surface area contributed by atoms with Crippen LogP contribution in [0.1, 0.15) is 59.3 Å². The molecule has 0 heterocycles. The molecule has 0 aliphatic heterocycles. The second-order valence-electron chi connectivity index (χ2n) is 4.42. The van der Waals surface area contributed by atoms with Crippen molar-refractivity contribution < 1.29 is 14.4 Å². The van der Waals surface area contributed by atoms with Gasteiger partial charge in [-0.25, -0.2) is 0 Å². The lowest BCUT2D eigenvalue weighted by Gasteiger charge is -2.22. The van der Waals surface area contributed by atoms with Gasteiger partial charge in [0.25, 0.3) is 0 Å². The Morgan fingerprint density at radius 2 is 1.22 bits per heavy atom. The molecule has 0 aromatic carbocycles. The third-order valence-corrected chi connectivity index (χ3v) is 2.93. The molecule has 0 aliphatic carbocycles. The summed E-state index contributed by atoms with van der Waals surface area (Å²) in [5.74, 6) is 0.363. The molecule has 18 heavy (non-hydrogen) atoms. The van der Waals surface area contributed by atoms with Gasteiger partial charge in [0, 0.05) is 45.2 Å². The molecular formula is C14H25NO3. The van der Waals surface area contributed by atoms with Gasteiger partial charge in [-0.2, -0.15) is 0 Å². The molecular weight excluding hydrogens is 230 g/mol. The molecule has 0 aromatic heterocycles. The molecule has 0 aliphatic rings. The van der Waals surface area contributed by atoms with Crippen LogP contribution in [0.4, 0.5) is 0 Å². The number of ketones is 2. The lowest BCUT2D eigenvalue weighted by molar-refractivity contribution is -0.132. The first-order valence-electron chi connectivity index (χ1n) is 6.86. The van der Waals surface area contributed by atoms with Crippen molar-refractivity contribution in [1.29, 1.82) is 0 Å². The van der Waals surface area contributed by atoms with E-state index in [0.717, 1.165) is 6.42 Å². The molecule has 0 bridgehead atoms. The number of nitrogens with zero attached hydrogens (tertiary/aromatic N) is 1. The van der Waals surface area contributed by atoms with Gasteiger partial charge in [-0.05, 0) is 6.42 Å². The molecule has 0 N–H and O–H groups in total. The molecule has 0 aromatic rings. The van der Waals surface area contributed by atoms with Crippen LogP contribution < -0.4 is 0 Å². The molecule has 1 amide bonds. The highest BCUT2D eigenvalue weighted by molar-refractivity contribution is 5.81. The number of hydrogen-bond donors (Lipinski definition) is 0. The van der Waals surface area contributed by atoms with Crippen LogP contribution in [0.3, 0.4) is 0 Å². The highest BCUT2D eigenvalue weighted by atomic mass is 16.2. The third-order valence-electron chi connectivity index (χ3n) is 2.93. The van der Waals surface area contributed by atoms with E-state index in [9.17, 15) is 14.4 Å². The average molecular weight is 255 g/mol. The molecule has 0 atom stereocenters. The van der Waals surface area contributed by atoms with Crippen LogP contribution >= 0.6 is 0 Å². The normalized spacial score (nSPS) is 10.2. The summed E-state index contributed by atoms with van der Waals surface area (Å²) in [6.45, 7) is 6.48. The smallest absolute Gasteiger partial charge is 0.222 e. The topological polar surface area (TPSA) is 54.5 Å². The summed E-state index contributed by atoms with van der Waals surface area (Å²) in [6, 6.07) is 0. The van der Waals surface area contributed by atoms with E-state index in [2.05, 4.69) is 0 Å². The molecule has 0 saturated heterocycles. The van der Waals surface area contributed by atoms with Gasteiger partial charge in [0.05, 0.1) is 0 Å². The largest absolute Gasteiger partial charge is 0.342 e. The van der Waals surface area contributed by atoms with E-state index in [1.165, 1.54) is 0 Å². The SMILES string of the molecule is CCCC(=O)N(CCC(=O)CC)CCC(=O)CC. The van der Waals surface area contributed by atoms with Gasteiger partial charge < -0.3 is 4.90 Å². The summed E-state index contributed by atoms with van der Waals surface area (Å²) < 4.78 is 0. The number of Topliss-reactive ketones (excluding diaryl/α,β-unsaturated/α-hetero) is 2. The fraction of sp³-hybridized carbons (Fsp3) is 0.786. The van der Waals surface area contributed by atoms with Gasteiger partial charge >= 0.3 is 0 Å². The summed E-state index contributed by atoms with van der Waals surface area (Å²) in [7, 11) is 0. The van der Waals surface area contributed by atoms with Crippen molar-refractivity contribution in [3.05, 3.63) is 0 Å². The zero-order valence-electron chi connectivity index (χ0n) is 11.8. The van der Waals surface area contributed by atoms with Crippen molar-refractivity contribution in [3.63, 3.8) is 0 Å². The van der Waals surface area contributed by atoms with E-state index in [1.54, 1.807) is 4.90 Å². The maximum absolute atomic E-state index is 11.8. The highest BCUT2D eigenvalue weighted by Crippen LogP contribution is 2.03. The van der Waals surface area contributed by atoms with Gasteiger partial charge in [-0.3, -0.25) is 14.4 Å². The summed E-state index contributed by atoms with van der Waals surface area (Å²) in [4.78, 5) is 36.1. The third kappa shape index (κ3) is 7.20. The summed E-state index contributed by atoms with van der Waals surface area (Å²) in [5.41, 5.74) is 0. The van der Waals surface area contributed by atoms with Crippen LogP contribution in [0.25, 0.3) is 0 Å². The predicted molar refractivity (Wildman–Crippen MR) is 71.3 cm³/mol. The molecule has 104 valence electrons. The molecule has 0 spiro atoms. The standard InChI is InChI=1S/C14H25NO3/c1-4-7-14(18)15(10-8-12(16)5-2)11-9-13(17)6-3/h4-11H2,1-3H3. The summed E-state index contributed by atoms with van der Waals surface area (Å²) in [5, 5.41) is 0. The number of amides is 1. The van der Waals surface area contributed by atoms with Crippen LogP contribution in [0.15, 0.2) is 0 Å². The van der Waals surface area contributed by atoms with E-state index in [0.29, 0.717) is 45.2 Å². The van der Waals surface area contributed by atoms with Crippen molar-refractivity contribution in [2.45, 2.75) is 59.3 Å². The number of hydrogen-bond acceptors (Lipinski definition) is 3. The van der Waals surface area contributed by atoms with Gasteiger partial charge in [0.2, 0.25) is 5.91 Å². The number of carbonyl (C=O) groups excluding carboxylic acids is 3. The van der Waals surface area contributed by atoms with Gasteiger partial charge in [-0.15, -0.1) is 0 Å². The summed E-state index contributed by atoms with van der Waals surface area (Å²) >= 11 is 0. The lowest BCUT2D eigenvalue weighted by Crippen LogP contribution is -2.34. The lowest BCUT2D eigenvalue weighted by atomic mass is 10.1. The maximum Gasteiger partial charge on any atom is 0.222 e. The Morgan fingerprint density at radius 1 is 0.778 bits per heavy atom. The Balaban J connectivity index is 4.28. The van der Waals surface area contributed by atoms with Crippen LogP contribution in [0, 0.1) is 0 Å². The van der Waals surface area contributed by atoms with Crippen LogP contribution in [-0.2, 0) is 14.4 Å². The predicted octanol–water partition coefficient (Wildman–Crippen LogP) is 2.35. The van der Waals surface area contributed by atoms with Crippen molar-refractivity contribution in [3.8, 4) is 0 Å². The molecule has 0 fully saturated rings. The van der Waals surface area contributed by atoms with Crippen molar-refractivity contribution in [2.24, 2.45) is 0 Å². The average Bonchev–Trinajstić information content (AvgIpc) is 2.37. The van der Waals surface area contributed by atoms with Gasteiger partial charge in [-0.1, -0.05) is 20.8 Å². The van der Waals surface area contributed by atoms with E-state index in [-0.39, 0.29) is 17.5 Å². The van der Waals surface area contributed by atoms with Crippen LogP contribution in [0.2, 0.25) is 0 Å². The second kappa shape index (κ2) is 9.80. The van der Waals surface area contributed by atoms with Crippen molar-refractivity contribution >= 4 is 17.5 Å². The van der Waals surface area contributed by atoms with E-state index < -0.39 is 0 Å². The minimum absolute atomic E-state index is 0.0466. The molecule has 4 nitrogen and oxygen atoms in total. The Kier molecular flexibility index (Phi) is 9.15. The first kappa shape index (κ1) is 16.8. The maximum atomic E-state index is 11.8. The minimum Gasteiger partial charge on any atom is -0.342 e. The monoisotopic (exact) mass is 255 g/mol. The van der Waals surface area contributed by atoms with E-state index in [1.807, 2.05) is 20.8 Å². The number of carbonyl (C=O) groups is 3. The Bertz CT molecular complexity index is 267. The van der Waals surface area contributed by atoms with Crippen molar-refractivity contribution in [1.82, 2.24) is 4.90 Å². The molecule has 4 heteroatoms. The van der Waals surface area contributed by atoms with Gasteiger partial charge in [0.15, 0.2) is 0 Å². The zero-order chi connectivity index (χ0) is 14.0. The fourth-order valence-corrected chi connectivity index (χ4v) is 1.61. The van der Waals surface area contributed by atoms with Crippen molar-refractivity contribution in [2.75, 3.05) is 13.1 Å². The summed E-state index contributed by atoms with van der Waals surface area (Å²) in [6.07, 6.45) is 3.07. The molecule has 0 saturated carbocycles. The van der Waals surface area contributed by atoms with E-state index >= 15 is 0 Å². The second-order valence-corrected chi connectivity index (χ2v) is 4.42. The number of rotatable bonds is 10. The first-order valence-corrected chi connectivity index (χ1v) is 6.86. The Hall–Kier alpha value is -1.19. The van der Waals surface area contributed by atoms with Gasteiger partial charge in [0.1, 0.15) is 11.6 Å². The molecule has 0 unspecified atom stereocenters. The molecule has 0 rings (SSSR count).